The number of anilines is 2. The second-order valence-electron chi connectivity index (χ2n) is 7.13. The molecule has 0 radical (unpaired) electrons. The standard InChI is InChI=1S/C25H22Cl2N2O3/c1-15(30-2)32-18-7-4-16(5-8-18)17-6-9-19-22(10-11-28-23(19)12-17)29-24-14-25(31-3)21(27)13-20(24)26/h4-15H,1-3H3,(H,28,29). The fourth-order valence-corrected chi connectivity index (χ4v) is 3.84. The topological polar surface area (TPSA) is 52.6 Å². The van der Waals surface area contributed by atoms with E-state index in [4.69, 9.17) is 37.4 Å². The quantitative estimate of drug-likeness (QED) is 0.287. The van der Waals surface area contributed by atoms with Crippen LogP contribution in [0.1, 0.15) is 6.92 Å². The summed E-state index contributed by atoms with van der Waals surface area (Å²) in [6.07, 6.45) is 1.46. The Labute approximate surface area is 196 Å². The molecule has 1 aromatic heterocycles. The van der Waals surface area contributed by atoms with E-state index in [1.165, 1.54) is 0 Å². The molecule has 0 saturated heterocycles. The molecule has 7 heteroatoms. The summed E-state index contributed by atoms with van der Waals surface area (Å²) >= 11 is 12.5. The molecule has 0 amide bonds. The first-order chi connectivity index (χ1) is 15.5. The third-order valence-electron chi connectivity index (χ3n) is 5.08. The zero-order valence-electron chi connectivity index (χ0n) is 17.9. The van der Waals surface area contributed by atoms with Gasteiger partial charge in [0, 0.05) is 30.4 Å². The van der Waals surface area contributed by atoms with Crippen LogP contribution in [0.25, 0.3) is 22.0 Å². The molecule has 0 fully saturated rings. The molecule has 1 atom stereocenters. The zero-order chi connectivity index (χ0) is 22.7. The third kappa shape index (κ3) is 4.75. The molecule has 0 aliphatic rings. The Bertz CT molecular complexity index is 1250. The Morgan fingerprint density at radius 1 is 0.844 bits per heavy atom. The highest BCUT2D eigenvalue weighted by Gasteiger charge is 2.11. The van der Waals surface area contributed by atoms with E-state index < -0.39 is 0 Å². The van der Waals surface area contributed by atoms with Crippen LogP contribution in [0.3, 0.4) is 0 Å². The number of aromatic nitrogens is 1. The summed E-state index contributed by atoms with van der Waals surface area (Å²) in [6.45, 7) is 1.85. The van der Waals surface area contributed by atoms with Gasteiger partial charge in [-0.3, -0.25) is 4.98 Å². The number of halogens is 2. The van der Waals surface area contributed by atoms with E-state index in [2.05, 4.69) is 22.4 Å². The van der Waals surface area contributed by atoms with E-state index >= 15 is 0 Å². The minimum atomic E-state index is -0.300. The van der Waals surface area contributed by atoms with Crippen LogP contribution in [0.2, 0.25) is 10.0 Å². The van der Waals surface area contributed by atoms with Gasteiger partial charge in [-0.2, -0.15) is 0 Å². The fourth-order valence-electron chi connectivity index (χ4n) is 3.33. The molecule has 0 aliphatic carbocycles. The molecular formula is C25H22Cl2N2O3. The largest absolute Gasteiger partial charge is 0.495 e. The molecule has 0 saturated carbocycles. The second kappa shape index (κ2) is 9.65. The van der Waals surface area contributed by atoms with Gasteiger partial charge < -0.3 is 19.5 Å². The molecule has 1 heterocycles. The second-order valence-corrected chi connectivity index (χ2v) is 7.94. The van der Waals surface area contributed by atoms with Gasteiger partial charge in [0.25, 0.3) is 0 Å². The van der Waals surface area contributed by atoms with Crippen LogP contribution in [-0.4, -0.2) is 25.5 Å². The molecular weight excluding hydrogens is 447 g/mol. The molecule has 3 aromatic carbocycles. The van der Waals surface area contributed by atoms with Gasteiger partial charge in [-0.05, 0) is 48.4 Å². The molecule has 1 N–H and O–H groups in total. The summed E-state index contributed by atoms with van der Waals surface area (Å²) in [5.74, 6) is 1.30. The summed E-state index contributed by atoms with van der Waals surface area (Å²) in [4.78, 5) is 4.55. The van der Waals surface area contributed by atoms with E-state index in [-0.39, 0.29) is 6.29 Å². The number of hydrogen-bond donors (Lipinski definition) is 1. The lowest BCUT2D eigenvalue weighted by Crippen LogP contribution is -2.13. The van der Waals surface area contributed by atoms with E-state index in [0.717, 1.165) is 33.5 Å². The van der Waals surface area contributed by atoms with Crippen molar-refractivity contribution in [3.05, 3.63) is 76.9 Å². The van der Waals surface area contributed by atoms with Crippen LogP contribution in [0, 0.1) is 0 Å². The maximum Gasteiger partial charge on any atom is 0.196 e. The highest BCUT2D eigenvalue weighted by molar-refractivity contribution is 6.37. The van der Waals surface area contributed by atoms with Crippen molar-refractivity contribution in [2.24, 2.45) is 0 Å². The average molecular weight is 469 g/mol. The van der Waals surface area contributed by atoms with Crippen LogP contribution in [0.5, 0.6) is 11.5 Å². The predicted octanol–water partition coefficient (Wildman–Crippen LogP) is 7.33. The summed E-state index contributed by atoms with van der Waals surface area (Å²) in [6, 6.07) is 19.4. The Balaban J connectivity index is 1.63. The van der Waals surface area contributed by atoms with Gasteiger partial charge >= 0.3 is 0 Å². The number of pyridine rings is 1. The van der Waals surface area contributed by atoms with Crippen molar-refractivity contribution < 1.29 is 14.2 Å². The third-order valence-corrected chi connectivity index (χ3v) is 5.68. The summed E-state index contributed by atoms with van der Waals surface area (Å²) in [5, 5.41) is 5.30. The van der Waals surface area contributed by atoms with Crippen LogP contribution in [0.4, 0.5) is 11.4 Å². The van der Waals surface area contributed by atoms with Gasteiger partial charge in [0.05, 0.1) is 28.4 Å². The summed E-state index contributed by atoms with van der Waals surface area (Å²) in [7, 11) is 3.18. The smallest absolute Gasteiger partial charge is 0.196 e. The molecule has 4 rings (SSSR count). The number of benzene rings is 3. The first-order valence-electron chi connectivity index (χ1n) is 9.97. The van der Waals surface area contributed by atoms with Crippen molar-refractivity contribution >= 4 is 45.5 Å². The van der Waals surface area contributed by atoms with Gasteiger partial charge in [-0.1, -0.05) is 47.5 Å². The number of nitrogens with one attached hydrogen (secondary N) is 1. The van der Waals surface area contributed by atoms with Gasteiger partial charge in [0.15, 0.2) is 6.29 Å². The first-order valence-corrected chi connectivity index (χ1v) is 10.7. The van der Waals surface area contributed by atoms with Crippen LogP contribution >= 0.6 is 23.2 Å². The van der Waals surface area contributed by atoms with Gasteiger partial charge in [-0.15, -0.1) is 0 Å². The molecule has 164 valence electrons. The SMILES string of the molecule is COc1cc(Nc2ccnc3cc(-c4ccc(OC(C)OC)cc4)ccc23)c(Cl)cc1Cl. The van der Waals surface area contributed by atoms with Gasteiger partial charge in [0.2, 0.25) is 0 Å². The average Bonchev–Trinajstić information content (AvgIpc) is 2.81. The molecule has 1 unspecified atom stereocenters. The Kier molecular flexibility index (Phi) is 6.70. The highest BCUT2D eigenvalue weighted by atomic mass is 35.5. The molecule has 5 nitrogen and oxygen atoms in total. The zero-order valence-corrected chi connectivity index (χ0v) is 19.4. The fraction of sp³-hybridized carbons (Fsp3) is 0.160. The van der Waals surface area contributed by atoms with Gasteiger partial charge in [-0.25, -0.2) is 0 Å². The number of nitrogens with zero attached hydrogens (tertiary/aromatic N) is 1. The molecule has 0 spiro atoms. The van der Waals surface area contributed by atoms with Crippen molar-refractivity contribution in [3.63, 3.8) is 0 Å². The lowest BCUT2D eigenvalue weighted by molar-refractivity contribution is -0.0382. The monoisotopic (exact) mass is 468 g/mol. The van der Waals surface area contributed by atoms with Gasteiger partial charge in [0.1, 0.15) is 11.5 Å². The Morgan fingerprint density at radius 3 is 2.31 bits per heavy atom. The molecule has 4 aromatic rings. The lowest BCUT2D eigenvalue weighted by Gasteiger charge is -2.14. The van der Waals surface area contributed by atoms with Crippen molar-refractivity contribution in [1.29, 1.82) is 0 Å². The van der Waals surface area contributed by atoms with Crippen LogP contribution in [-0.2, 0) is 4.74 Å². The normalized spacial score (nSPS) is 11.9. The van der Waals surface area contributed by atoms with E-state index in [9.17, 15) is 0 Å². The predicted molar refractivity (Wildman–Crippen MR) is 131 cm³/mol. The van der Waals surface area contributed by atoms with Crippen LogP contribution < -0.4 is 14.8 Å². The first kappa shape index (κ1) is 22.2. The minimum absolute atomic E-state index is 0.300. The van der Waals surface area contributed by atoms with E-state index in [0.29, 0.717) is 21.5 Å². The maximum atomic E-state index is 6.38. The Hall–Kier alpha value is -2.99. The Morgan fingerprint density at radius 2 is 1.59 bits per heavy atom. The van der Waals surface area contributed by atoms with Crippen LogP contribution in [0.15, 0.2) is 66.9 Å². The lowest BCUT2D eigenvalue weighted by atomic mass is 10.0. The number of rotatable bonds is 7. The molecule has 32 heavy (non-hydrogen) atoms. The molecule has 0 bridgehead atoms. The number of methoxy groups -OCH3 is 2. The number of fused-ring (bicyclic) bond motifs is 1. The highest BCUT2D eigenvalue weighted by Crippen LogP contribution is 2.37. The van der Waals surface area contributed by atoms with Crippen molar-refractivity contribution in [2.45, 2.75) is 13.2 Å². The summed E-state index contributed by atoms with van der Waals surface area (Å²) in [5.41, 5.74) is 4.56. The number of hydrogen-bond acceptors (Lipinski definition) is 5. The number of ether oxygens (including phenoxy) is 3. The maximum absolute atomic E-state index is 6.38. The summed E-state index contributed by atoms with van der Waals surface area (Å²) < 4.78 is 16.1. The van der Waals surface area contributed by atoms with E-state index in [1.807, 2.05) is 43.3 Å². The van der Waals surface area contributed by atoms with Crippen molar-refractivity contribution in [2.75, 3.05) is 19.5 Å². The van der Waals surface area contributed by atoms with Crippen molar-refractivity contribution in [1.82, 2.24) is 4.98 Å². The minimum Gasteiger partial charge on any atom is -0.495 e. The molecule has 0 aliphatic heterocycles. The van der Waals surface area contributed by atoms with Crippen molar-refractivity contribution in [3.8, 4) is 22.6 Å². The van der Waals surface area contributed by atoms with E-state index in [1.54, 1.807) is 32.5 Å².